The summed E-state index contributed by atoms with van der Waals surface area (Å²) in [7, 11) is 0. The fourth-order valence-corrected chi connectivity index (χ4v) is 4.75. The van der Waals surface area contributed by atoms with Crippen LogP contribution in [0.5, 0.6) is 0 Å². The minimum Gasteiger partial charge on any atom is -0.378 e. The Kier molecular flexibility index (Phi) is 8.56. The second-order valence-corrected chi connectivity index (χ2v) is 8.21. The first-order valence-electron chi connectivity index (χ1n) is 9.09. The lowest BCUT2D eigenvalue weighted by Crippen LogP contribution is -2.43. The minimum atomic E-state index is 0. The van der Waals surface area contributed by atoms with E-state index >= 15 is 0 Å². The molecule has 1 unspecified atom stereocenters. The first kappa shape index (κ1) is 20.6. The van der Waals surface area contributed by atoms with E-state index in [1.54, 1.807) is 0 Å². The van der Waals surface area contributed by atoms with E-state index < -0.39 is 0 Å². The first-order chi connectivity index (χ1) is 11.7. The number of aryl methyl sites for hydroxylation is 1. The van der Waals surface area contributed by atoms with Crippen LogP contribution in [0.4, 0.5) is 5.69 Å². The van der Waals surface area contributed by atoms with Crippen molar-refractivity contribution in [3.8, 4) is 0 Å². The molecule has 1 amide bonds. The Labute approximate surface area is 161 Å². The van der Waals surface area contributed by atoms with Crippen LogP contribution in [-0.4, -0.2) is 37.0 Å². The van der Waals surface area contributed by atoms with Crippen LogP contribution in [-0.2, 0) is 9.53 Å². The first-order valence-corrected chi connectivity index (χ1v) is 9.97. The number of thioether (sulfide) groups is 1. The van der Waals surface area contributed by atoms with E-state index in [0.717, 1.165) is 29.7 Å². The molecular weight excluding hydrogens is 356 g/mol. The highest BCUT2D eigenvalue weighted by Crippen LogP contribution is 2.34. The zero-order chi connectivity index (χ0) is 16.8. The van der Waals surface area contributed by atoms with Gasteiger partial charge in [-0.05, 0) is 43.5 Å². The van der Waals surface area contributed by atoms with Crippen molar-refractivity contribution in [3.05, 3.63) is 23.8 Å². The normalized spacial score (nSPS) is 21.4. The monoisotopic (exact) mass is 384 g/mol. The van der Waals surface area contributed by atoms with Crippen molar-refractivity contribution in [1.82, 2.24) is 5.32 Å². The molecule has 1 aromatic carbocycles. The lowest BCUT2D eigenvalue weighted by molar-refractivity contribution is -0.117. The lowest BCUT2D eigenvalue weighted by atomic mass is 10.0. The number of carbonyl (C=O) groups excluding carboxylic acids is 1. The van der Waals surface area contributed by atoms with Gasteiger partial charge in [-0.25, -0.2) is 0 Å². The Morgan fingerprint density at radius 3 is 2.80 bits per heavy atom. The maximum absolute atomic E-state index is 12.2. The lowest BCUT2D eigenvalue weighted by Gasteiger charge is -2.23. The van der Waals surface area contributed by atoms with Gasteiger partial charge in [0.1, 0.15) is 0 Å². The van der Waals surface area contributed by atoms with Crippen LogP contribution in [0.25, 0.3) is 0 Å². The van der Waals surface area contributed by atoms with Crippen LogP contribution in [0.2, 0.25) is 0 Å². The molecule has 1 heterocycles. The predicted octanol–water partition coefficient (Wildman–Crippen LogP) is 4.16. The third-order valence-electron chi connectivity index (χ3n) is 4.76. The number of anilines is 1. The molecule has 4 nitrogen and oxygen atoms in total. The number of halogens is 1. The van der Waals surface area contributed by atoms with E-state index in [1.807, 2.05) is 17.8 Å². The van der Waals surface area contributed by atoms with Gasteiger partial charge in [0.15, 0.2) is 0 Å². The summed E-state index contributed by atoms with van der Waals surface area (Å²) in [6.45, 7) is 4.24. The fraction of sp³-hybridized carbons (Fsp3) is 0.632. The maximum Gasteiger partial charge on any atom is 0.226 e. The molecule has 2 fully saturated rings. The summed E-state index contributed by atoms with van der Waals surface area (Å²) in [4.78, 5) is 13.5. The van der Waals surface area contributed by atoms with Gasteiger partial charge in [-0.3, -0.25) is 4.79 Å². The zero-order valence-corrected chi connectivity index (χ0v) is 16.5. The van der Waals surface area contributed by atoms with Gasteiger partial charge in [0.2, 0.25) is 5.91 Å². The second-order valence-electron chi connectivity index (χ2n) is 6.83. The number of rotatable bonds is 5. The van der Waals surface area contributed by atoms with E-state index in [2.05, 4.69) is 29.7 Å². The fourth-order valence-electron chi connectivity index (χ4n) is 3.40. The Morgan fingerprint density at radius 1 is 1.32 bits per heavy atom. The van der Waals surface area contributed by atoms with E-state index in [9.17, 15) is 4.79 Å². The molecule has 25 heavy (non-hydrogen) atoms. The van der Waals surface area contributed by atoms with Crippen LogP contribution >= 0.6 is 24.2 Å². The van der Waals surface area contributed by atoms with Crippen molar-refractivity contribution < 1.29 is 9.53 Å². The van der Waals surface area contributed by atoms with Gasteiger partial charge in [0.25, 0.3) is 0 Å². The third-order valence-corrected chi connectivity index (χ3v) is 6.09. The van der Waals surface area contributed by atoms with Crippen molar-refractivity contribution in [3.63, 3.8) is 0 Å². The molecule has 0 radical (unpaired) electrons. The highest BCUT2D eigenvalue weighted by Gasteiger charge is 2.18. The molecular formula is C19H29ClN2O2S. The molecule has 6 heteroatoms. The smallest absolute Gasteiger partial charge is 0.226 e. The van der Waals surface area contributed by atoms with Crippen LogP contribution in [0, 0.1) is 6.92 Å². The topological polar surface area (TPSA) is 50.4 Å². The van der Waals surface area contributed by atoms with Crippen molar-refractivity contribution >= 4 is 35.8 Å². The molecule has 1 saturated heterocycles. The van der Waals surface area contributed by atoms with Gasteiger partial charge in [0.05, 0.1) is 13.2 Å². The van der Waals surface area contributed by atoms with Crippen LogP contribution in [0.15, 0.2) is 23.1 Å². The average molecular weight is 385 g/mol. The van der Waals surface area contributed by atoms with Gasteiger partial charge in [-0.2, -0.15) is 0 Å². The summed E-state index contributed by atoms with van der Waals surface area (Å²) < 4.78 is 5.40. The number of nitrogens with one attached hydrogen (secondary N) is 2. The van der Waals surface area contributed by atoms with E-state index in [4.69, 9.17) is 4.74 Å². The minimum absolute atomic E-state index is 0. The van der Waals surface area contributed by atoms with Crippen molar-refractivity contribution in [2.75, 3.05) is 25.1 Å². The number of morpholine rings is 1. The van der Waals surface area contributed by atoms with Crippen molar-refractivity contribution in [2.45, 2.75) is 61.6 Å². The number of ether oxygens (including phenoxy) is 1. The van der Waals surface area contributed by atoms with E-state index in [1.165, 1.54) is 37.0 Å². The molecule has 2 aliphatic rings. The summed E-state index contributed by atoms with van der Waals surface area (Å²) in [5.74, 6) is 0.0498. The Bertz CT molecular complexity index is 558. The Morgan fingerprint density at radius 2 is 2.12 bits per heavy atom. The van der Waals surface area contributed by atoms with Gasteiger partial charge < -0.3 is 15.4 Å². The molecule has 3 rings (SSSR count). The van der Waals surface area contributed by atoms with Crippen LogP contribution in [0.1, 0.15) is 44.1 Å². The molecule has 1 aliphatic heterocycles. The number of hydrogen-bond acceptors (Lipinski definition) is 4. The standard InChI is InChI=1S/C19H28N2O2S.ClH/c1-14-11-17(24-16-5-3-2-4-6-16)7-8-18(14)21-19(22)12-15-13-23-10-9-20-15;/h7-8,11,15-16,20H,2-6,9-10,12-13H2,1H3,(H,21,22);1H. The van der Waals surface area contributed by atoms with Gasteiger partial charge in [-0.1, -0.05) is 19.3 Å². The molecule has 1 saturated carbocycles. The van der Waals surface area contributed by atoms with Gasteiger partial charge in [0, 0.05) is 34.8 Å². The van der Waals surface area contributed by atoms with Crippen molar-refractivity contribution in [1.29, 1.82) is 0 Å². The molecule has 0 aromatic heterocycles. The molecule has 0 spiro atoms. The van der Waals surface area contributed by atoms with Gasteiger partial charge >= 0.3 is 0 Å². The number of carbonyl (C=O) groups is 1. The molecule has 1 atom stereocenters. The van der Waals surface area contributed by atoms with Crippen molar-refractivity contribution in [2.24, 2.45) is 0 Å². The van der Waals surface area contributed by atoms with Crippen LogP contribution < -0.4 is 10.6 Å². The Balaban J connectivity index is 0.00000225. The SMILES string of the molecule is Cc1cc(SC2CCCCC2)ccc1NC(=O)CC1COCCN1.Cl. The molecule has 1 aromatic rings. The summed E-state index contributed by atoms with van der Waals surface area (Å²) in [6, 6.07) is 6.52. The third kappa shape index (κ3) is 6.48. The summed E-state index contributed by atoms with van der Waals surface area (Å²) >= 11 is 2.00. The number of benzene rings is 1. The van der Waals surface area contributed by atoms with Gasteiger partial charge in [-0.15, -0.1) is 24.2 Å². The maximum atomic E-state index is 12.2. The number of amides is 1. The predicted molar refractivity (Wildman–Crippen MR) is 107 cm³/mol. The average Bonchev–Trinajstić information content (AvgIpc) is 2.59. The molecule has 140 valence electrons. The second kappa shape index (κ2) is 10.4. The quantitative estimate of drug-likeness (QED) is 0.800. The molecule has 1 aliphatic carbocycles. The van der Waals surface area contributed by atoms with E-state index in [0.29, 0.717) is 13.0 Å². The summed E-state index contributed by atoms with van der Waals surface area (Å²) in [5, 5.41) is 7.12. The van der Waals surface area contributed by atoms with E-state index in [-0.39, 0.29) is 24.4 Å². The highest BCUT2D eigenvalue weighted by atomic mass is 35.5. The summed E-state index contributed by atoms with van der Waals surface area (Å²) in [5.41, 5.74) is 2.06. The van der Waals surface area contributed by atoms with Crippen LogP contribution in [0.3, 0.4) is 0 Å². The number of hydrogen-bond donors (Lipinski definition) is 2. The highest BCUT2D eigenvalue weighted by molar-refractivity contribution is 8.00. The summed E-state index contributed by atoms with van der Waals surface area (Å²) in [6.07, 6.45) is 7.24. The molecule has 2 N–H and O–H groups in total. The molecule has 0 bridgehead atoms. The largest absolute Gasteiger partial charge is 0.378 e. The Hall–Kier alpha value is -0.750. The zero-order valence-electron chi connectivity index (χ0n) is 14.9.